The monoisotopic (exact) mass is 260 g/mol. The maximum absolute atomic E-state index is 12.8. The Bertz CT molecular complexity index is 568. The highest BCUT2D eigenvalue weighted by Gasteiger charge is 2.12. The van der Waals surface area contributed by atoms with Crippen molar-refractivity contribution in [1.29, 1.82) is 0 Å². The summed E-state index contributed by atoms with van der Waals surface area (Å²) in [5.74, 6) is -0.417. The molecule has 2 aromatic rings. The van der Waals surface area contributed by atoms with Gasteiger partial charge in [-0.15, -0.1) is 0 Å². The Labute approximate surface area is 109 Å². The van der Waals surface area contributed by atoms with Crippen molar-refractivity contribution < 1.29 is 9.18 Å². The van der Waals surface area contributed by atoms with Crippen molar-refractivity contribution in [2.24, 2.45) is 0 Å². The van der Waals surface area contributed by atoms with Crippen molar-refractivity contribution in [1.82, 2.24) is 15.3 Å². The fraction of sp³-hybridized carbons (Fsp3) is 0.154. The van der Waals surface area contributed by atoms with Gasteiger partial charge in [-0.05, 0) is 24.6 Å². The van der Waals surface area contributed by atoms with Crippen LogP contribution in [0, 0.1) is 5.82 Å². The van der Waals surface area contributed by atoms with Crippen LogP contribution in [0.1, 0.15) is 29.0 Å². The van der Waals surface area contributed by atoms with Crippen molar-refractivity contribution in [3.63, 3.8) is 0 Å². The summed E-state index contributed by atoms with van der Waals surface area (Å²) >= 11 is 0. The van der Waals surface area contributed by atoms with E-state index >= 15 is 0 Å². The van der Waals surface area contributed by atoms with Crippen LogP contribution < -0.4 is 11.1 Å². The van der Waals surface area contributed by atoms with Gasteiger partial charge in [0.25, 0.3) is 5.91 Å². The second-order valence-electron chi connectivity index (χ2n) is 4.07. The summed E-state index contributed by atoms with van der Waals surface area (Å²) in [7, 11) is 0. The molecule has 0 bridgehead atoms. The number of aromatic nitrogens is 2. The number of hydrogen-bond donors (Lipinski definition) is 2. The Morgan fingerprint density at radius 1 is 1.26 bits per heavy atom. The summed E-state index contributed by atoms with van der Waals surface area (Å²) < 4.78 is 12.8. The van der Waals surface area contributed by atoms with Crippen molar-refractivity contribution in [3.05, 3.63) is 53.7 Å². The summed E-state index contributed by atoms with van der Waals surface area (Å²) in [4.78, 5) is 19.6. The first-order valence-corrected chi connectivity index (χ1v) is 5.70. The Balaban J connectivity index is 2.06. The largest absolute Gasteiger partial charge is 0.382 e. The minimum atomic E-state index is -0.357. The quantitative estimate of drug-likeness (QED) is 0.880. The van der Waals surface area contributed by atoms with Crippen LogP contribution in [0.3, 0.4) is 0 Å². The van der Waals surface area contributed by atoms with Gasteiger partial charge in [-0.3, -0.25) is 4.79 Å². The molecule has 3 N–H and O–H groups in total. The molecule has 1 unspecified atom stereocenters. The van der Waals surface area contributed by atoms with E-state index in [9.17, 15) is 9.18 Å². The number of carbonyl (C=O) groups is 1. The fourth-order valence-corrected chi connectivity index (χ4v) is 1.56. The van der Waals surface area contributed by atoms with Gasteiger partial charge in [0, 0.05) is 0 Å². The molecule has 0 saturated heterocycles. The van der Waals surface area contributed by atoms with Crippen LogP contribution in [0.2, 0.25) is 0 Å². The van der Waals surface area contributed by atoms with Gasteiger partial charge >= 0.3 is 0 Å². The first-order chi connectivity index (χ1) is 9.06. The molecule has 1 atom stereocenters. The first kappa shape index (κ1) is 12.9. The zero-order valence-corrected chi connectivity index (χ0v) is 10.3. The summed E-state index contributed by atoms with van der Waals surface area (Å²) in [6.07, 6.45) is 2.62. The van der Waals surface area contributed by atoms with Gasteiger partial charge in [-0.1, -0.05) is 12.1 Å². The average molecular weight is 260 g/mol. The van der Waals surface area contributed by atoms with E-state index in [2.05, 4.69) is 15.3 Å². The van der Waals surface area contributed by atoms with E-state index in [4.69, 9.17) is 5.73 Å². The number of amides is 1. The van der Waals surface area contributed by atoms with E-state index in [-0.39, 0.29) is 29.3 Å². The topological polar surface area (TPSA) is 80.9 Å². The predicted octanol–water partition coefficient (Wildman–Crippen LogP) is 1.69. The molecular weight excluding hydrogens is 247 g/mol. The lowest BCUT2D eigenvalue weighted by atomic mass is 10.1. The van der Waals surface area contributed by atoms with Crippen LogP contribution in [0.25, 0.3) is 0 Å². The SMILES string of the molecule is CC(NC(=O)c1cnc(N)cn1)c1ccc(F)cc1. The summed E-state index contributed by atoms with van der Waals surface area (Å²) in [5, 5.41) is 2.75. The molecule has 6 heteroatoms. The predicted molar refractivity (Wildman–Crippen MR) is 68.7 cm³/mol. The van der Waals surface area contributed by atoms with Crippen molar-refractivity contribution in [2.45, 2.75) is 13.0 Å². The van der Waals surface area contributed by atoms with Gasteiger partial charge < -0.3 is 11.1 Å². The third-order valence-electron chi connectivity index (χ3n) is 2.62. The number of nitrogens with zero attached hydrogens (tertiary/aromatic N) is 2. The molecule has 1 aromatic heterocycles. The standard InChI is InChI=1S/C13H13FN4O/c1-8(9-2-4-10(14)5-3-9)18-13(19)11-6-17-12(15)7-16-11/h2-8H,1H3,(H2,15,17)(H,18,19). The Morgan fingerprint density at radius 3 is 2.53 bits per heavy atom. The van der Waals surface area contributed by atoms with Crippen LogP contribution in [0.4, 0.5) is 10.2 Å². The maximum atomic E-state index is 12.8. The lowest BCUT2D eigenvalue weighted by Gasteiger charge is -2.13. The van der Waals surface area contributed by atoms with E-state index in [0.717, 1.165) is 5.56 Å². The molecular formula is C13H13FN4O. The second kappa shape index (κ2) is 5.43. The molecule has 1 aromatic carbocycles. The number of anilines is 1. The Kier molecular flexibility index (Phi) is 3.70. The second-order valence-corrected chi connectivity index (χ2v) is 4.07. The van der Waals surface area contributed by atoms with Crippen LogP contribution in [-0.2, 0) is 0 Å². The summed E-state index contributed by atoms with van der Waals surface area (Å²) in [6, 6.07) is 5.68. The molecule has 0 spiro atoms. The number of hydrogen-bond acceptors (Lipinski definition) is 4. The van der Waals surface area contributed by atoms with Gasteiger partial charge in [0.05, 0.1) is 18.4 Å². The third kappa shape index (κ3) is 3.25. The molecule has 98 valence electrons. The molecule has 19 heavy (non-hydrogen) atoms. The molecule has 1 amide bonds. The summed E-state index contributed by atoms with van der Waals surface area (Å²) in [5.41, 5.74) is 6.38. The van der Waals surface area contributed by atoms with Gasteiger partial charge in [0.1, 0.15) is 17.3 Å². The van der Waals surface area contributed by atoms with Gasteiger partial charge in [-0.25, -0.2) is 14.4 Å². The summed E-state index contributed by atoms with van der Waals surface area (Å²) in [6.45, 7) is 1.80. The smallest absolute Gasteiger partial charge is 0.271 e. The Morgan fingerprint density at radius 2 is 1.95 bits per heavy atom. The highest BCUT2D eigenvalue weighted by Crippen LogP contribution is 2.13. The average Bonchev–Trinajstić information content (AvgIpc) is 2.40. The number of carbonyl (C=O) groups excluding carboxylic acids is 1. The molecule has 0 aliphatic carbocycles. The number of benzene rings is 1. The van der Waals surface area contributed by atoms with E-state index in [1.807, 2.05) is 0 Å². The number of halogens is 1. The maximum Gasteiger partial charge on any atom is 0.271 e. The zero-order chi connectivity index (χ0) is 13.8. The Hall–Kier alpha value is -2.50. The van der Waals surface area contributed by atoms with Crippen LogP contribution in [-0.4, -0.2) is 15.9 Å². The van der Waals surface area contributed by atoms with Gasteiger partial charge in [0.15, 0.2) is 0 Å². The zero-order valence-electron chi connectivity index (χ0n) is 10.3. The third-order valence-corrected chi connectivity index (χ3v) is 2.62. The molecule has 5 nitrogen and oxygen atoms in total. The van der Waals surface area contributed by atoms with E-state index in [0.29, 0.717) is 0 Å². The van der Waals surface area contributed by atoms with Crippen LogP contribution in [0.5, 0.6) is 0 Å². The lowest BCUT2D eigenvalue weighted by molar-refractivity contribution is 0.0934. The van der Waals surface area contributed by atoms with Crippen molar-refractivity contribution >= 4 is 11.7 Å². The van der Waals surface area contributed by atoms with Crippen molar-refractivity contribution in [3.8, 4) is 0 Å². The minimum absolute atomic E-state index is 0.183. The van der Waals surface area contributed by atoms with Crippen molar-refractivity contribution in [2.75, 3.05) is 5.73 Å². The normalized spacial score (nSPS) is 11.9. The fourth-order valence-electron chi connectivity index (χ4n) is 1.56. The number of rotatable bonds is 3. The molecule has 0 aliphatic heterocycles. The molecule has 0 aliphatic rings. The van der Waals surface area contributed by atoms with E-state index in [1.165, 1.54) is 24.5 Å². The van der Waals surface area contributed by atoms with Crippen LogP contribution >= 0.6 is 0 Å². The molecule has 0 fully saturated rings. The highest BCUT2D eigenvalue weighted by atomic mass is 19.1. The van der Waals surface area contributed by atoms with Gasteiger partial charge in [-0.2, -0.15) is 0 Å². The van der Waals surface area contributed by atoms with E-state index in [1.54, 1.807) is 19.1 Å². The van der Waals surface area contributed by atoms with E-state index < -0.39 is 0 Å². The molecule has 0 radical (unpaired) electrons. The number of nitrogens with one attached hydrogen (secondary N) is 1. The number of nitrogens with two attached hydrogens (primary N) is 1. The van der Waals surface area contributed by atoms with Gasteiger partial charge in [0.2, 0.25) is 0 Å². The highest BCUT2D eigenvalue weighted by molar-refractivity contribution is 5.92. The number of nitrogen functional groups attached to an aromatic ring is 1. The molecule has 1 heterocycles. The van der Waals surface area contributed by atoms with Crippen LogP contribution in [0.15, 0.2) is 36.7 Å². The molecule has 0 saturated carbocycles. The minimum Gasteiger partial charge on any atom is -0.382 e. The lowest BCUT2D eigenvalue weighted by Crippen LogP contribution is -2.27. The first-order valence-electron chi connectivity index (χ1n) is 5.70. The molecule has 2 rings (SSSR count).